The third kappa shape index (κ3) is 4.13. The van der Waals surface area contributed by atoms with Crippen molar-refractivity contribution in [2.45, 2.75) is 12.6 Å². The minimum atomic E-state index is -0.664. The van der Waals surface area contributed by atoms with E-state index in [4.69, 9.17) is 5.26 Å². The van der Waals surface area contributed by atoms with Gasteiger partial charge in [-0.2, -0.15) is 5.26 Å². The highest BCUT2D eigenvalue weighted by Crippen LogP contribution is 2.28. The quantitative estimate of drug-likeness (QED) is 0.739. The highest BCUT2D eigenvalue weighted by molar-refractivity contribution is 7.12. The van der Waals surface area contributed by atoms with E-state index in [9.17, 15) is 9.90 Å². The van der Waals surface area contributed by atoms with Crippen molar-refractivity contribution in [3.05, 3.63) is 93.2 Å². The van der Waals surface area contributed by atoms with Crippen LogP contribution in [0, 0.1) is 11.3 Å². The van der Waals surface area contributed by atoms with Crippen LogP contribution >= 0.6 is 11.3 Å². The number of benzene rings is 2. The van der Waals surface area contributed by atoms with Gasteiger partial charge in [-0.25, -0.2) is 0 Å². The SMILES string of the molecule is N#Cc1cccc(C(=O)NCc2ccc(C(O)c3ccccc3)s2)c1. The van der Waals surface area contributed by atoms with Crippen molar-refractivity contribution in [1.29, 1.82) is 5.26 Å². The van der Waals surface area contributed by atoms with Crippen LogP contribution in [0.5, 0.6) is 0 Å². The molecule has 1 heterocycles. The molecule has 0 saturated heterocycles. The molecule has 0 saturated carbocycles. The van der Waals surface area contributed by atoms with Gasteiger partial charge in [-0.1, -0.05) is 36.4 Å². The third-order valence-electron chi connectivity index (χ3n) is 3.74. The Hall–Kier alpha value is -2.94. The lowest BCUT2D eigenvalue weighted by molar-refractivity contribution is 0.0951. The van der Waals surface area contributed by atoms with Gasteiger partial charge in [0.15, 0.2) is 0 Å². The van der Waals surface area contributed by atoms with Crippen molar-refractivity contribution in [3.63, 3.8) is 0 Å². The van der Waals surface area contributed by atoms with Gasteiger partial charge < -0.3 is 10.4 Å². The number of nitrogens with zero attached hydrogens (tertiary/aromatic N) is 1. The van der Waals surface area contributed by atoms with Gasteiger partial charge in [-0.15, -0.1) is 11.3 Å². The number of carbonyl (C=O) groups excluding carboxylic acids is 1. The van der Waals surface area contributed by atoms with E-state index in [-0.39, 0.29) is 5.91 Å². The van der Waals surface area contributed by atoms with E-state index in [1.807, 2.05) is 48.5 Å². The molecule has 0 aliphatic heterocycles. The van der Waals surface area contributed by atoms with Crippen molar-refractivity contribution in [2.75, 3.05) is 0 Å². The molecule has 1 atom stereocenters. The molecule has 5 heteroatoms. The van der Waals surface area contributed by atoms with Gasteiger partial charge in [0.25, 0.3) is 5.91 Å². The zero-order valence-electron chi connectivity index (χ0n) is 13.3. The molecule has 2 aromatic carbocycles. The minimum absolute atomic E-state index is 0.226. The maximum atomic E-state index is 12.2. The van der Waals surface area contributed by atoms with E-state index in [0.717, 1.165) is 15.3 Å². The van der Waals surface area contributed by atoms with Gasteiger partial charge in [-0.3, -0.25) is 4.79 Å². The van der Waals surface area contributed by atoms with Crippen LogP contribution in [-0.2, 0) is 6.54 Å². The van der Waals surface area contributed by atoms with Crippen LogP contribution in [0.2, 0.25) is 0 Å². The molecule has 0 aliphatic carbocycles. The molecule has 0 bridgehead atoms. The first-order chi connectivity index (χ1) is 12.2. The second-order valence-electron chi connectivity index (χ2n) is 5.49. The number of hydrogen-bond acceptors (Lipinski definition) is 4. The van der Waals surface area contributed by atoms with Crippen molar-refractivity contribution < 1.29 is 9.90 Å². The van der Waals surface area contributed by atoms with Gasteiger partial charge in [0.2, 0.25) is 0 Å². The molecule has 2 N–H and O–H groups in total. The van der Waals surface area contributed by atoms with Crippen molar-refractivity contribution in [2.24, 2.45) is 0 Å². The average Bonchev–Trinajstić information content (AvgIpc) is 3.15. The molecule has 124 valence electrons. The van der Waals surface area contributed by atoms with Crippen LogP contribution in [0.15, 0.2) is 66.7 Å². The molecule has 1 aromatic heterocycles. The summed E-state index contributed by atoms with van der Waals surface area (Å²) in [5, 5.41) is 22.1. The zero-order valence-corrected chi connectivity index (χ0v) is 14.2. The summed E-state index contributed by atoms with van der Waals surface area (Å²) in [6.07, 6.45) is -0.664. The predicted octanol–water partition coefficient (Wildman–Crippen LogP) is 3.63. The predicted molar refractivity (Wildman–Crippen MR) is 97.2 cm³/mol. The molecule has 1 unspecified atom stereocenters. The summed E-state index contributed by atoms with van der Waals surface area (Å²) in [7, 11) is 0. The van der Waals surface area contributed by atoms with Crippen LogP contribution in [0.25, 0.3) is 0 Å². The fraction of sp³-hybridized carbons (Fsp3) is 0.100. The number of carbonyl (C=O) groups is 1. The number of aliphatic hydroxyl groups excluding tert-OH is 1. The Kier molecular flexibility index (Phi) is 5.24. The summed E-state index contributed by atoms with van der Waals surface area (Å²) in [5.74, 6) is -0.226. The molecule has 1 amide bonds. The van der Waals surface area contributed by atoms with Crippen molar-refractivity contribution >= 4 is 17.2 Å². The van der Waals surface area contributed by atoms with E-state index in [1.54, 1.807) is 24.3 Å². The summed E-state index contributed by atoms with van der Waals surface area (Å²) in [6.45, 7) is 0.377. The first-order valence-corrected chi connectivity index (χ1v) is 8.59. The standard InChI is InChI=1S/C20H16N2O2S/c21-12-14-5-4-8-16(11-14)20(24)22-13-17-9-10-18(25-17)19(23)15-6-2-1-3-7-15/h1-11,19,23H,13H2,(H,22,24). The lowest BCUT2D eigenvalue weighted by atomic mass is 10.1. The van der Waals surface area contributed by atoms with Crippen molar-refractivity contribution in [1.82, 2.24) is 5.32 Å². The number of nitriles is 1. The highest BCUT2D eigenvalue weighted by Gasteiger charge is 2.13. The summed E-state index contributed by atoms with van der Waals surface area (Å²) in [5.41, 5.74) is 1.76. The van der Waals surface area contributed by atoms with E-state index in [0.29, 0.717) is 17.7 Å². The molecule has 3 rings (SSSR count). The third-order valence-corrected chi connectivity index (χ3v) is 4.88. The first kappa shape index (κ1) is 16.9. The maximum absolute atomic E-state index is 12.2. The summed E-state index contributed by atoms with van der Waals surface area (Å²) in [6, 6.07) is 21.8. The van der Waals surface area contributed by atoms with E-state index in [2.05, 4.69) is 5.32 Å². The molecule has 3 aromatic rings. The Morgan fingerprint density at radius 1 is 1.12 bits per heavy atom. The Bertz CT molecular complexity index is 913. The second-order valence-corrected chi connectivity index (χ2v) is 6.69. The molecule has 0 fully saturated rings. The van der Waals surface area contributed by atoms with Gasteiger partial charge in [0.1, 0.15) is 6.10 Å². The first-order valence-electron chi connectivity index (χ1n) is 7.77. The largest absolute Gasteiger partial charge is 0.383 e. The number of nitrogens with one attached hydrogen (secondary N) is 1. The topological polar surface area (TPSA) is 73.1 Å². The highest BCUT2D eigenvalue weighted by atomic mass is 32.1. The summed E-state index contributed by atoms with van der Waals surface area (Å²) in [4.78, 5) is 14.0. The van der Waals surface area contributed by atoms with Gasteiger partial charge >= 0.3 is 0 Å². The van der Waals surface area contributed by atoms with Crippen LogP contribution in [0.1, 0.15) is 37.3 Å². The number of aliphatic hydroxyl groups is 1. The van der Waals surface area contributed by atoms with Gasteiger partial charge in [-0.05, 0) is 35.9 Å². The number of rotatable bonds is 5. The average molecular weight is 348 g/mol. The minimum Gasteiger partial charge on any atom is -0.383 e. The van der Waals surface area contributed by atoms with Crippen LogP contribution in [-0.4, -0.2) is 11.0 Å². The smallest absolute Gasteiger partial charge is 0.251 e. The summed E-state index contributed by atoms with van der Waals surface area (Å²) >= 11 is 1.46. The number of amides is 1. The molecule has 0 spiro atoms. The normalized spacial score (nSPS) is 11.5. The molecule has 25 heavy (non-hydrogen) atoms. The Morgan fingerprint density at radius 2 is 1.92 bits per heavy atom. The fourth-order valence-electron chi connectivity index (χ4n) is 2.44. The molecular formula is C20H16N2O2S. The zero-order chi connectivity index (χ0) is 17.6. The lowest BCUT2D eigenvalue weighted by Crippen LogP contribution is -2.22. The molecule has 4 nitrogen and oxygen atoms in total. The fourth-order valence-corrected chi connectivity index (χ4v) is 3.40. The molecule has 0 aliphatic rings. The second kappa shape index (κ2) is 7.75. The lowest BCUT2D eigenvalue weighted by Gasteiger charge is -2.08. The van der Waals surface area contributed by atoms with Crippen LogP contribution < -0.4 is 5.32 Å². The van der Waals surface area contributed by atoms with Crippen LogP contribution in [0.3, 0.4) is 0 Å². The Balaban J connectivity index is 1.64. The Morgan fingerprint density at radius 3 is 2.68 bits per heavy atom. The van der Waals surface area contributed by atoms with E-state index >= 15 is 0 Å². The number of hydrogen-bond donors (Lipinski definition) is 2. The molecule has 0 radical (unpaired) electrons. The van der Waals surface area contributed by atoms with E-state index in [1.165, 1.54) is 11.3 Å². The number of thiophene rings is 1. The van der Waals surface area contributed by atoms with E-state index < -0.39 is 6.10 Å². The molecular weight excluding hydrogens is 332 g/mol. The monoisotopic (exact) mass is 348 g/mol. The van der Waals surface area contributed by atoms with Crippen LogP contribution in [0.4, 0.5) is 0 Å². The summed E-state index contributed by atoms with van der Waals surface area (Å²) < 4.78 is 0. The maximum Gasteiger partial charge on any atom is 0.251 e. The Labute approximate surface area is 150 Å². The van der Waals surface area contributed by atoms with Crippen molar-refractivity contribution in [3.8, 4) is 6.07 Å². The van der Waals surface area contributed by atoms with Gasteiger partial charge in [0.05, 0.1) is 18.2 Å². The van der Waals surface area contributed by atoms with Gasteiger partial charge in [0, 0.05) is 15.3 Å².